The highest BCUT2D eigenvalue weighted by atomic mass is 32.2. The molecule has 0 bridgehead atoms. The van der Waals surface area contributed by atoms with Gasteiger partial charge in [0.25, 0.3) is 0 Å². The Morgan fingerprint density at radius 2 is 1.63 bits per heavy atom. The van der Waals surface area contributed by atoms with Crippen molar-refractivity contribution < 1.29 is 17.9 Å². The summed E-state index contributed by atoms with van der Waals surface area (Å²) >= 11 is 0. The number of benzene rings is 2. The SMILES string of the molecule is COc1ccc(CC2CCN(S(=O)(=O)c3ccc(C(C)=O)cc3)CC2)cc1. The number of rotatable bonds is 6. The smallest absolute Gasteiger partial charge is 0.243 e. The maximum Gasteiger partial charge on any atom is 0.243 e. The molecule has 1 aliphatic heterocycles. The predicted octanol–water partition coefficient (Wildman–Crippen LogP) is 3.54. The van der Waals surface area contributed by atoms with Crippen LogP contribution in [0.3, 0.4) is 0 Å². The number of piperidine rings is 1. The van der Waals surface area contributed by atoms with Crippen molar-refractivity contribution in [2.75, 3.05) is 20.2 Å². The topological polar surface area (TPSA) is 63.7 Å². The van der Waals surface area contributed by atoms with E-state index < -0.39 is 10.0 Å². The van der Waals surface area contributed by atoms with E-state index in [4.69, 9.17) is 4.74 Å². The average Bonchev–Trinajstić information content (AvgIpc) is 2.69. The average molecular weight is 388 g/mol. The van der Waals surface area contributed by atoms with Gasteiger partial charge in [0.1, 0.15) is 5.75 Å². The Morgan fingerprint density at radius 1 is 1.04 bits per heavy atom. The zero-order valence-electron chi connectivity index (χ0n) is 15.7. The lowest BCUT2D eigenvalue weighted by atomic mass is 9.91. The molecular weight excluding hydrogens is 362 g/mol. The molecule has 6 heteroatoms. The second-order valence-electron chi connectivity index (χ2n) is 6.98. The number of carbonyl (C=O) groups excluding carboxylic acids is 1. The van der Waals surface area contributed by atoms with E-state index in [2.05, 4.69) is 12.1 Å². The van der Waals surface area contributed by atoms with E-state index in [1.165, 1.54) is 24.6 Å². The lowest BCUT2D eigenvalue weighted by Crippen LogP contribution is -2.38. The molecule has 27 heavy (non-hydrogen) atoms. The van der Waals surface area contributed by atoms with E-state index in [9.17, 15) is 13.2 Å². The highest BCUT2D eigenvalue weighted by molar-refractivity contribution is 7.89. The molecule has 5 nitrogen and oxygen atoms in total. The lowest BCUT2D eigenvalue weighted by Gasteiger charge is -2.31. The van der Waals surface area contributed by atoms with E-state index in [1.54, 1.807) is 23.5 Å². The van der Waals surface area contributed by atoms with Gasteiger partial charge in [0.05, 0.1) is 12.0 Å². The minimum absolute atomic E-state index is 0.0710. The van der Waals surface area contributed by atoms with Crippen LogP contribution in [0.2, 0.25) is 0 Å². The van der Waals surface area contributed by atoms with Crippen LogP contribution in [-0.4, -0.2) is 38.7 Å². The Labute approximate surface area is 161 Å². The highest BCUT2D eigenvalue weighted by Gasteiger charge is 2.29. The van der Waals surface area contributed by atoms with E-state index in [0.29, 0.717) is 24.6 Å². The first-order valence-corrected chi connectivity index (χ1v) is 10.6. The monoisotopic (exact) mass is 387 g/mol. The molecule has 1 saturated heterocycles. The van der Waals surface area contributed by atoms with Crippen molar-refractivity contribution in [1.29, 1.82) is 0 Å². The van der Waals surface area contributed by atoms with Gasteiger partial charge >= 0.3 is 0 Å². The molecule has 0 aromatic heterocycles. The first kappa shape index (κ1) is 19.6. The summed E-state index contributed by atoms with van der Waals surface area (Å²) in [5.41, 5.74) is 1.77. The first-order valence-electron chi connectivity index (χ1n) is 9.14. The number of hydrogen-bond acceptors (Lipinski definition) is 4. The molecule has 0 spiro atoms. The van der Waals surface area contributed by atoms with Gasteiger partial charge in [0.15, 0.2) is 5.78 Å². The molecule has 0 unspecified atom stereocenters. The lowest BCUT2D eigenvalue weighted by molar-refractivity contribution is 0.101. The van der Waals surface area contributed by atoms with Gasteiger partial charge in [0, 0.05) is 18.7 Å². The summed E-state index contributed by atoms with van der Waals surface area (Å²) in [7, 11) is -1.85. The standard InChI is InChI=1S/C21H25NO4S/c1-16(23)19-5-9-21(10-6-19)27(24,25)22-13-11-18(12-14-22)15-17-3-7-20(26-2)8-4-17/h3-10,18H,11-15H2,1-2H3. The summed E-state index contributed by atoms with van der Waals surface area (Å²) in [5, 5.41) is 0. The molecular formula is C21H25NO4S. The van der Waals surface area contributed by atoms with Crippen LogP contribution in [0.15, 0.2) is 53.4 Å². The Morgan fingerprint density at radius 3 is 2.15 bits per heavy atom. The molecule has 144 valence electrons. The zero-order chi connectivity index (χ0) is 19.4. The Bertz CT molecular complexity index is 881. The second-order valence-corrected chi connectivity index (χ2v) is 8.92. The van der Waals surface area contributed by atoms with Crippen LogP contribution in [-0.2, 0) is 16.4 Å². The largest absolute Gasteiger partial charge is 0.497 e. The minimum Gasteiger partial charge on any atom is -0.497 e. The third kappa shape index (κ3) is 4.57. The van der Waals surface area contributed by atoms with Crippen LogP contribution >= 0.6 is 0 Å². The molecule has 2 aromatic carbocycles. The van der Waals surface area contributed by atoms with E-state index in [0.717, 1.165) is 25.0 Å². The van der Waals surface area contributed by atoms with Gasteiger partial charge in [-0.2, -0.15) is 4.31 Å². The zero-order valence-corrected chi connectivity index (χ0v) is 16.5. The third-order valence-electron chi connectivity index (χ3n) is 5.16. The van der Waals surface area contributed by atoms with Gasteiger partial charge in [-0.1, -0.05) is 24.3 Å². The molecule has 0 atom stereocenters. The van der Waals surface area contributed by atoms with Crippen LogP contribution in [0.1, 0.15) is 35.7 Å². The number of sulfonamides is 1. The number of ether oxygens (including phenoxy) is 1. The van der Waals surface area contributed by atoms with Gasteiger partial charge in [-0.05, 0) is 61.9 Å². The number of nitrogens with zero attached hydrogens (tertiary/aromatic N) is 1. The fraction of sp³-hybridized carbons (Fsp3) is 0.381. The summed E-state index contributed by atoms with van der Waals surface area (Å²) in [6, 6.07) is 14.2. The highest BCUT2D eigenvalue weighted by Crippen LogP contribution is 2.27. The van der Waals surface area contributed by atoms with Crippen molar-refractivity contribution in [2.45, 2.75) is 31.1 Å². The summed E-state index contributed by atoms with van der Waals surface area (Å²) in [5.74, 6) is 1.25. The van der Waals surface area contributed by atoms with Crippen LogP contribution < -0.4 is 4.74 Å². The van der Waals surface area contributed by atoms with Gasteiger partial charge < -0.3 is 4.74 Å². The molecule has 0 amide bonds. The third-order valence-corrected chi connectivity index (χ3v) is 7.07. The second kappa shape index (κ2) is 8.23. The molecule has 3 rings (SSSR count). The molecule has 1 aliphatic rings. The molecule has 0 aliphatic carbocycles. The maximum atomic E-state index is 12.8. The van der Waals surface area contributed by atoms with Gasteiger partial charge in [0.2, 0.25) is 10.0 Å². The minimum atomic E-state index is -3.50. The van der Waals surface area contributed by atoms with E-state index in [1.807, 2.05) is 12.1 Å². The van der Waals surface area contributed by atoms with Crippen molar-refractivity contribution in [1.82, 2.24) is 4.31 Å². The van der Waals surface area contributed by atoms with Crippen LogP contribution in [0.5, 0.6) is 5.75 Å². The molecule has 0 N–H and O–H groups in total. The molecule has 2 aromatic rings. The van der Waals surface area contributed by atoms with Crippen molar-refractivity contribution >= 4 is 15.8 Å². The maximum absolute atomic E-state index is 12.8. The van der Waals surface area contributed by atoms with Crippen LogP contribution in [0.4, 0.5) is 0 Å². The molecule has 1 heterocycles. The van der Waals surface area contributed by atoms with Gasteiger partial charge in [-0.3, -0.25) is 4.79 Å². The number of ketones is 1. The molecule has 0 saturated carbocycles. The number of methoxy groups -OCH3 is 1. The van der Waals surface area contributed by atoms with Gasteiger partial charge in [-0.15, -0.1) is 0 Å². The fourth-order valence-corrected chi connectivity index (χ4v) is 4.93. The van der Waals surface area contributed by atoms with Crippen molar-refractivity contribution in [3.8, 4) is 5.75 Å². The summed E-state index contributed by atoms with van der Waals surface area (Å²) in [6.07, 6.45) is 2.64. The van der Waals surface area contributed by atoms with Crippen molar-refractivity contribution in [3.05, 3.63) is 59.7 Å². The summed E-state index contributed by atoms with van der Waals surface area (Å²) in [4.78, 5) is 11.6. The fourth-order valence-electron chi connectivity index (χ4n) is 3.46. The van der Waals surface area contributed by atoms with Crippen LogP contribution in [0, 0.1) is 5.92 Å². The Hall–Kier alpha value is -2.18. The normalized spacial score (nSPS) is 16.2. The Kier molecular flexibility index (Phi) is 5.97. The summed E-state index contributed by atoms with van der Waals surface area (Å²) in [6.45, 7) is 2.52. The quantitative estimate of drug-likeness (QED) is 0.711. The van der Waals surface area contributed by atoms with E-state index in [-0.39, 0.29) is 10.7 Å². The predicted molar refractivity (Wildman–Crippen MR) is 105 cm³/mol. The van der Waals surface area contributed by atoms with Crippen LogP contribution in [0.25, 0.3) is 0 Å². The molecule has 0 radical (unpaired) electrons. The summed E-state index contributed by atoms with van der Waals surface area (Å²) < 4.78 is 32.4. The number of hydrogen-bond donors (Lipinski definition) is 0. The first-order chi connectivity index (χ1) is 12.9. The number of Topliss-reactive ketones (excluding diaryl/α,β-unsaturated/α-hetero) is 1. The number of carbonyl (C=O) groups is 1. The Balaban J connectivity index is 1.61. The van der Waals surface area contributed by atoms with E-state index >= 15 is 0 Å². The van der Waals surface area contributed by atoms with Gasteiger partial charge in [-0.25, -0.2) is 8.42 Å². The molecule has 1 fully saturated rings. The van der Waals surface area contributed by atoms with Crippen molar-refractivity contribution in [3.63, 3.8) is 0 Å². The van der Waals surface area contributed by atoms with Crippen molar-refractivity contribution in [2.24, 2.45) is 5.92 Å².